The molecule has 5 rings (SSSR count). The highest BCUT2D eigenvalue weighted by atomic mass is 79.9. The van der Waals surface area contributed by atoms with Crippen molar-refractivity contribution >= 4 is 39.0 Å². The van der Waals surface area contributed by atoms with Gasteiger partial charge in [0.05, 0.1) is 16.4 Å². The van der Waals surface area contributed by atoms with Gasteiger partial charge >= 0.3 is 0 Å². The first-order valence-corrected chi connectivity index (χ1v) is 13.1. The highest BCUT2D eigenvalue weighted by molar-refractivity contribution is 9.10. The van der Waals surface area contributed by atoms with Crippen LogP contribution in [0.3, 0.4) is 0 Å². The number of aromatic nitrogens is 3. The molecule has 1 atom stereocenters. The minimum absolute atomic E-state index is 0.558. The van der Waals surface area contributed by atoms with E-state index in [4.69, 9.17) is 16.6 Å². The van der Waals surface area contributed by atoms with Gasteiger partial charge in [0.15, 0.2) is 5.65 Å². The predicted molar refractivity (Wildman–Crippen MR) is 144 cm³/mol. The van der Waals surface area contributed by atoms with Crippen molar-refractivity contribution in [1.29, 1.82) is 0 Å². The maximum absolute atomic E-state index is 6.46. The lowest BCUT2D eigenvalue weighted by molar-refractivity contribution is 0.182. The zero-order chi connectivity index (χ0) is 23.5. The zero-order valence-corrected chi connectivity index (χ0v) is 21.6. The molecule has 0 amide bonds. The first kappa shape index (κ1) is 23.3. The fourth-order valence-corrected chi connectivity index (χ4v) is 5.35. The number of benzene rings is 2. The Morgan fingerprint density at radius 1 is 1.09 bits per heavy atom. The number of likely N-dealkylation sites (tertiary alicyclic amines) is 1. The van der Waals surface area contributed by atoms with Gasteiger partial charge in [0, 0.05) is 29.7 Å². The Morgan fingerprint density at radius 3 is 2.59 bits per heavy atom. The molecule has 7 heteroatoms. The molecule has 1 aliphatic rings. The first-order chi connectivity index (χ1) is 16.6. The van der Waals surface area contributed by atoms with Gasteiger partial charge in [-0.05, 0) is 65.3 Å². The average Bonchev–Trinajstić information content (AvgIpc) is 3.25. The number of hydrogen-bond acceptors (Lipinski definition) is 4. The second-order valence-electron chi connectivity index (χ2n) is 9.17. The van der Waals surface area contributed by atoms with Gasteiger partial charge in [0.2, 0.25) is 0 Å². The van der Waals surface area contributed by atoms with Crippen molar-refractivity contribution < 1.29 is 0 Å². The van der Waals surface area contributed by atoms with Crippen molar-refractivity contribution in [3.05, 3.63) is 81.9 Å². The largest absolute Gasteiger partial charge is 0.370 e. The van der Waals surface area contributed by atoms with Crippen LogP contribution in [0.25, 0.3) is 16.9 Å². The van der Waals surface area contributed by atoms with Crippen LogP contribution in [0.1, 0.15) is 31.2 Å². The summed E-state index contributed by atoms with van der Waals surface area (Å²) in [6.45, 7) is 6.66. The molecule has 1 unspecified atom stereocenters. The number of nitrogens with zero attached hydrogens (tertiary/aromatic N) is 4. The topological polar surface area (TPSA) is 45.5 Å². The highest BCUT2D eigenvalue weighted by Crippen LogP contribution is 2.31. The summed E-state index contributed by atoms with van der Waals surface area (Å²) in [5.74, 6) is 2.13. The van der Waals surface area contributed by atoms with Gasteiger partial charge in [-0.15, -0.1) is 0 Å². The third-order valence-corrected chi connectivity index (χ3v) is 7.65. The van der Waals surface area contributed by atoms with Crippen molar-refractivity contribution in [3.63, 3.8) is 0 Å². The van der Waals surface area contributed by atoms with Gasteiger partial charge in [-0.2, -0.15) is 9.61 Å². The van der Waals surface area contributed by atoms with Crippen LogP contribution in [-0.4, -0.2) is 45.7 Å². The monoisotopic (exact) mass is 537 g/mol. The van der Waals surface area contributed by atoms with Gasteiger partial charge in [-0.1, -0.05) is 67.1 Å². The molecule has 0 radical (unpaired) electrons. The van der Waals surface area contributed by atoms with Crippen molar-refractivity contribution in [3.8, 4) is 11.3 Å². The van der Waals surface area contributed by atoms with Crippen LogP contribution in [0.2, 0.25) is 5.02 Å². The van der Waals surface area contributed by atoms with Crippen LogP contribution in [0.15, 0.2) is 71.3 Å². The summed E-state index contributed by atoms with van der Waals surface area (Å²) in [4.78, 5) is 7.42. The number of halogens is 2. The van der Waals surface area contributed by atoms with Gasteiger partial charge in [-0.3, -0.25) is 0 Å². The lowest BCUT2D eigenvalue weighted by Crippen LogP contribution is -2.38. The van der Waals surface area contributed by atoms with Crippen molar-refractivity contribution in [2.24, 2.45) is 5.92 Å². The second-order valence-corrected chi connectivity index (χ2v) is 10.4. The minimum Gasteiger partial charge on any atom is -0.370 e. The average molecular weight is 539 g/mol. The molecule has 0 bridgehead atoms. The van der Waals surface area contributed by atoms with E-state index < -0.39 is 0 Å². The Labute approximate surface area is 214 Å². The molecule has 34 heavy (non-hydrogen) atoms. The summed E-state index contributed by atoms with van der Waals surface area (Å²) >= 11 is 10.0. The Bertz CT molecular complexity index is 1250. The van der Waals surface area contributed by atoms with E-state index in [0.717, 1.165) is 53.4 Å². The van der Waals surface area contributed by atoms with Crippen LogP contribution in [-0.2, 0) is 0 Å². The summed E-state index contributed by atoms with van der Waals surface area (Å²) in [5, 5.41) is 8.87. The summed E-state index contributed by atoms with van der Waals surface area (Å²) in [6, 6.07) is 20.7. The number of fused-ring (bicyclic) bond motifs is 1. The van der Waals surface area contributed by atoms with Crippen LogP contribution in [0, 0.1) is 5.92 Å². The Balaban J connectivity index is 1.24. The number of nitrogens with one attached hydrogen (secondary N) is 1. The molecular weight excluding hydrogens is 510 g/mol. The molecule has 176 valence electrons. The molecule has 0 spiro atoms. The van der Waals surface area contributed by atoms with E-state index in [0.29, 0.717) is 16.9 Å². The molecule has 3 heterocycles. The van der Waals surface area contributed by atoms with E-state index in [1.165, 1.54) is 18.4 Å². The van der Waals surface area contributed by atoms with Crippen molar-refractivity contribution in [1.82, 2.24) is 19.5 Å². The van der Waals surface area contributed by atoms with E-state index in [-0.39, 0.29) is 0 Å². The zero-order valence-electron chi connectivity index (χ0n) is 19.3. The fourth-order valence-electron chi connectivity index (χ4n) is 4.77. The molecule has 1 aliphatic heterocycles. The normalized spacial score (nSPS) is 16.1. The van der Waals surface area contributed by atoms with Gasteiger partial charge < -0.3 is 10.2 Å². The molecular formula is C27H29BrClN5. The summed E-state index contributed by atoms with van der Waals surface area (Å²) in [6.07, 6.45) is 4.18. The van der Waals surface area contributed by atoms with E-state index in [1.807, 2.05) is 34.8 Å². The van der Waals surface area contributed by atoms with Gasteiger partial charge in [0.25, 0.3) is 0 Å². The number of hydrogen-bond donors (Lipinski definition) is 1. The van der Waals surface area contributed by atoms with Gasteiger partial charge in [-0.25, -0.2) is 4.98 Å². The SMILES string of the molecule is CC(CN1CCC(CNc2cc(-c3ccccc3Cl)nc3c(Br)cnn23)CC1)c1ccccc1. The summed E-state index contributed by atoms with van der Waals surface area (Å²) in [7, 11) is 0. The number of piperidine rings is 1. The summed E-state index contributed by atoms with van der Waals surface area (Å²) in [5.41, 5.74) is 3.97. The third kappa shape index (κ3) is 5.14. The van der Waals surface area contributed by atoms with Crippen molar-refractivity contribution in [2.45, 2.75) is 25.7 Å². The van der Waals surface area contributed by atoms with E-state index in [2.05, 4.69) is 68.5 Å². The van der Waals surface area contributed by atoms with E-state index in [9.17, 15) is 0 Å². The lowest BCUT2D eigenvalue weighted by Gasteiger charge is -2.33. The predicted octanol–water partition coefficient (Wildman–Crippen LogP) is 6.74. The van der Waals surface area contributed by atoms with Crippen molar-refractivity contribution in [2.75, 3.05) is 31.5 Å². The van der Waals surface area contributed by atoms with Gasteiger partial charge in [0.1, 0.15) is 5.82 Å². The highest BCUT2D eigenvalue weighted by Gasteiger charge is 2.21. The molecule has 2 aromatic carbocycles. The second kappa shape index (κ2) is 10.5. The Hall–Kier alpha value is -2.41. The molecule has 4 aromatic rings. The molecule has 1 fully saturated rings. The molecule has 1 N–H and O–H groups in total. The Kier molecular flexibility index (Phi) is 7.18. The molecule has 0 aliphatic carbocycles. The smallest absolute Gasteiger partial charge is 0.172 e. The maximum atomic E-state index is 6.46. The number of anilines is 1. The van der Waals surface area contributed by atoms with Crippen LogP contribution >= 0.6 is 27.5 Å². The lowest BCUT2D eigenvalue weighted by atomic mass is 9.94. The molecule has 0 saturated carbocycles. The van der Waals surface area contributed by atoms with Crippen LogP contribution in [0.5, 0.6) is 0 Å². The molecule has 1 saturated heterocycles. The quantitative estimate of drug-likeness (QED) is 0.283. The summed E-state index contributed by atoms with van der Waals surface area (Å²) < 4.78 is 2.73. The Morgan fingerprint density at radius 2 is 1.82 bits per heavy atom. The van der Waals surface area contributed by atoms with Crippen LogP contribution in [0.4, 0.5) is 5.82 Å². The maximum Gasteiger partial charge on any atom is 0.172 e. The molecule has 2 aromatic heterocycles. The van der Waals surface area contributed by atoms with E-state index in [1.54, 1.807) is 6.20 Å². The fraction of sp³-hybridized carbons (Fsp3) is 0.333. The minimum atomic E-state index is 0.558. The standard InChI is InChI=1S/C27H29BrClN5/c1-19(21-7-3-2-4-8-21)18-33-13-11-20(12-14-33)16-30-26-15-25(22-9-5-6-10-24(22)29)32-27-23(28)17-31-34(26)27/h2-10,15,17,19-20,30H,11-14,16,18H2,1H3. The van der Waals surface area contributed by atoms with E-state index >= 15 is 0 Å². The van der Waals surface area contributed by atoms with Crippen LogP contribution < -0.4 is 5.32 Å². The first-order valence-electron chi connectivity index (χ1n) is 11.9. The third-order valence-electron chi connectivity index (χ3n) is 6.76. The number of rotatable bonds is 7. The molecule has 5 nitrogen and oxygen atoms in total.